The lowest BCUT2D eigenvalue weighted by atomic mass is 9.91. The molecule has 1 aliphatic heterocycles. The van der Waals surface area contributed by atoms with Crippen LogP contribution >= 0.6 is 0 Å². The minimum Gasteiger partial charge on any atom is -0.358 e. The van der Waals surface area contributed by atoms with E-state index >= 15 is 0 Å². The lowest BCUT2D eigenvalue weighted by Gasteiger charge is -2.40. The van der Waals surface area contributed by atoms with Gasteiger partial charge in [-0.15, -0.1) is 0 Å². The molecule has 1 aliphatic rings. The number of hydrogen-bond donors (Lipinski definition) is 1. The van der Waals surface area contributed by atoms with Gasteiger partial charge < -0.3 is 5.32 Å². The summed E-state index contributed by atoms with van der Waals surface area (Å²) in [5.41, 5.74) is 5.18. The van der Waals surface area contributed by atoms with Crippen molar-refractivity contribution in [2.45, 2.75) is 12.6 Å². The molecule has 0 radical (unpaired) electrons. The fraction of sp³-hybridized carbons (Fsp3) is 0.0800. The van der Waals surface area contributed by atoms with Gasteiger partial charge in [0, 0.05) is 16.8 Å². The lowest BCUT2D eigenvalue weighted by molar-refractivity contribution is 0.467. The number of nitrogens with zero attached hydrogens (tertiary/aromatic N) is 2. The van der Waals surface area contributed by atoms with Gasteiger partial charge in [-0.25, -0.2) is 4.98 Å². The van der Waals surface area contributed by atoms with Gasteiger partial charge in [0.1, 0.15) is 11.5 Å². The van der Waals surface area contributed by atoms with Gasteiger partial charge in [0.25, 0.3) is 0 Å². The Kier molecular flexibility index (Phi) is 3.01. The summed E-state index contributed by atoms with van der Waals surface area (Å²) in [4.78, 5) is 5.02. The van der Waals surface area contributed by atoms with Gasteiger partial charge >= 0.3 is 0 Å². The fourth-order valence-corrected chi connectivity index (χ4v) is 4.60. The Hall–Kier alpha value is -3.59. The number of rotatable bonds is 1. The summed E-state index contributed by atoms with van der Waals surface area (Å²) in [7, 11) is 0. The largest absolute Gasteiger partial charge is 0.358 e. The van der Waals surface area contributed by atoms with E-state index in [1.807, 2.05) is 0 Å². The smallest absolute Gasteiger partial charge is 0.145 e. The zero-order valence-electron chi connectivity index (χ0n) is 15.6. The van der Waals surface area contributed by atoms with Crippen LogP contribution in [0.4, 0.5) is 5.69 Å². The molecule has 28 heavy (non-hydrogen) atoms. The first-order valence-electron chi connectivity index (χ1n) is 9.59. The predicted molar refractivity (Wildman–Crippen MR) is 115 cm³/mol. The second-order valence-electron chi connectivity index (χ2n) is 7.53. The van der Waals surface area contributed by atoms with Crippen LogP contribution in [0.15, 0.2) is 91.0 Å². The van der Waals surface area contributed by atoms with Crippen LogP contribution in [-0.2, 0) is 5.66 Å². The Morgan fingerprint density at radius 3 is 2.50 bits per heavy atom. The number of fused-ring (bicyclic) bond motifs is 6. The summed E-state index contributed by atoms with van der Waals surface area (Å²) < 4.78 is 2.35. The molecule has 0 fully saturated rings. The summed E-state index contributed by atoms with van der Waals surface area (Å²) in [6.45, 7) is 2.25. The van der Waals surface area contributed by atoms with Crippen molar-refractivity contribution in [1.82, 2.24) is 9.55 Å². The molecule has 6 rings (SSSR count). The molecule has 0 bridgehead atoms. The van der Waals surface area contributed by atoms with Crippen LogP contribution in [-0.4, -0.2) is 9.55 Å². The first kappa shape index (κ1) is 15.5. The zero-order valence-corrected chi connectivity index (χ0v) is 15.6. The Morgan fingerprint density at radius 1 is 0.786 bits per heavy atom. The van der Waals surface area contributed by atoms with Crippen LogP contribution in [0.1, 0.15) is 12.5 Å². The lowest BCUT2D eigenvalue weighted by Crippen LogP contribution is -2.42. The summed E-state index contributed by atoms with van der Waals surface area (Å²) in [5, 5.41) is 6.34. The van der Waals surface area contributed by atoms with Crippen molar-refractivity contribution < 1.29 is 0 Å². The van der Waals surface area contributed by atoms with Crippen LogP contribution in [0.5, 0.6) is 0 Å². The molecule has 4 aromatic carbocycles. The molecule has 3 heteroatoms. The number of hydrogen-bond acceptors (Lipinski definition) is 2. The van der Waals surface area contributed by atoms with Crippen molar-refractivity contribution in [3.8, 4) is 11.4 Å². The second-order valence-corrected chi connectivity index (χ2v) is 7.53. The molecule has 0 aliphatic carbocycles. The number of imidazole rings is 1. The van der Waals surface area contributed by atoms with Gasteiger partial charge in [0.15, 0.2) is 0 Å². The highest BCUT2D eigenvalue weighted by atomic mass is 15.3. The number of anilines is 1. The molecule has 3 nitrogen and oxygen atoms in total. The van der Waals surface area contributed by atoms with E-state index in [-0.39, 0.29) is 0 Å². The molecule has 0 amide bonds. The average molecular weight is 361 g/mol. The number of para-hydroxylation sites is 3. The summed E-state index contributed by atoms with van der Waals surface area (Å²) in [5.74, 6) is 1.01. The average Bonchev–Trinajstić information content (AvgIpc) is 3.14. The van der Waals surface area contributed by atoms with E-state index in [0.29, 0.717) is 0 Å². The van der Waals surface area contributed by atoms with E-state index < -0.39 is 5.66 Å². The highest BCUT2D eigenvalue weighted by Gasteiger charge is 2.38. The van der Waals surface area contributed by atoms with Gasteiger partial charge in [0.05, 0.1) is 11.0 Å². The molecule has 1 unspecified atom stereocenters. The quantitative estimate of drug-likeness (QED) is 0.397. The molecule has 1 aromatic heterocycles. The third-order valence-electron chi connectivity index (χ3n) is 5.87. The second kappa shape index (κ2) is 5.46. The topological polar surface area (TPSA) is 29.9 Å². The minimum atomic E-state index is -0.458. The number of benzene rings is 4. The monoisotopic (exact) mass is 361 g/mol. The Balaban J connectivity index is 1.76. The standard InChI is InChI=1S/C25H19N3/c1-25(20-13-8-10-17-9-2-3-11-18(17)20)27-21-14-5-4-12-19(21)24-26-22-15-6-7-16-23(22)28(24)25/h2-16,27H,1H3. The maximum absolute atomic E-state index is 5.02. The normalized spacial score (nSPS) is 17.9. The molecule has 0 saturated carbocycles. The first-order valence-corrected chi connectivity index (χ1v) is 9.59. The van der Waals surface area contributed by atoms with Crippen molar-refractivity contribution in [3.63, 3.8) is 0 Å². The molecular formula is C25H19N3. The summed E-state index contributed by atoms with van der Waals surface area (Å²) in [6.07, 6.45) is 0. The van der Waals surface area contributed by atoms with Crippen LogP contribution < -0.4 is 5.32 Å². The summed E-state index contributed by atoms with van der Waals surface area (Å²) >= 11 is 0. The Bertz CT molecular complexity index is 1360. The van der Waals surface area contributed by atoms with Crippen LogP contribution in [0.3, 0.4) is 0 Å². The van der Waals surface area contributed by atoms with E-state index in [1.165, 1.54) is 16.3 Å². The highest BCUT2D eigenvalue weighted by molar-refractivity contribution is 5.91. The van der Waals surface area contributed by atoms with E-state index in [4.69, 9.17) is 4.98 Å². The van der Waals surface area contributed by atoms with Gasteiger partial charge in [0.2, 0.25) is 0 Å². The predicted octanol–water partition coefficient (Wildman–Crippen LogP) is 6.00. The number of aromatic nitrogens is 2. The van der Waals surface area contributed by atoms with Crippen LogP contribution in [0.25, 0.3) is 33.2 Å². The van der Waals surface area contributed by atoms with E-state index in [2.05, 4.69) is 108 Å². The Morgan fingerprint density at radius 2 is 1.54 bits per heavy atom. The maximum Gasteiger partial charge on any atom is 0.145 e. The fourth-order valence-electron chi connectivity index (χ4n) is 4.60. The van der Waals surface area contributed by atoms with Crippen molar-refractivity contribution in [2.75, 3.05) is 5.32 Å². The summed E-state index contributed by atoms with van der Waals surface area (Å²) in [6, 6.07) is 31.9. The molecular weight excluding hydrogens is 342 g/mol. The van der Waals surface area contributed by atoms with Crippen LogP contribution in [0, 0.1) is 0 Å². The third-order valence-corrected chi connectivity index (χ3v) is 5.87. The Labute approximate surface area is 163 Å². The van der Waals surface area contributed by atoms with Crippen molar-refractivity contribution in [1.29, 1.82) is 0 Å². The van der Waals surface area contributed by atoms with E-state index in [0.717, 1.165) is 28.1 Å². The van der Waals surface area contributed by atoms with Crippen molar-refractivity contribution in [3.05, 3.63) is 96.6 Å². The van der Waals surface area contributed by atoms with E-state index in [9.17, 15) is 0 Å². The van der Waals surface area contributed by atoms with Crippen molar-refractivity contribution >= 4 is 27.5 Å². The van der Waals surface area contributed by atoms with Gasteiger partial charge in [-0.1, -0.05) is 66.7 Å². The molecule has 0 spiro atoms. The molecule has 134 valence electrons. The van der Waals surface area contributed by atoms with Crippen LogP contribution in [0.2, 0.25) is 0 Å². The zero-order chi connectivity index (χ0) is 18.7. The van der Waals surface area contributed by atoms with Crippen molar-refractivity contribution in [2.24, 2.45) is 0 Å². The van der Waals surface area contributed by atoms with Gasteiger partial charge in [-0.3, -0.25) is 4.57 Å². The SMILES string of the molecule is CC1(c2cccc3ccccc23)Nc2ccccc2-c2nc3ccccc3n21. The number of nitrogens with one attached hydrogen (secondary N) is 1. The van der Waals surface area contributed by atoms with E-state index in [1.54, 1.807) is 0 Å². The molecule has 1 atom stereocenters. The minimum absolute atomic E-state index is 0.458. The molecule has 5 aromatic rings. The molecule has 2 heterocycles. The first-order chi connectivity index (χ1) is 13.8. The van der Waals surface area contributed by atoms with Gasteiger partial charge in [-0.2, -0.15) is 0 Å². The highest BCUT2D eigenvalue weighted by Crippen LogP contribution is 2.45. The molecule has 0 saturated heterocycles. The van der Waals surface area contributed by atoms with Gasteiger partial charge in [-0.05, 0) is 42.0 Å². The maximum atomic E-state index is 5.02. The molecule has 1 N–H and O–H groups in total. The third kappa shape index (κ3) is 1.96.